The molecule has 1 aromatic heterocycles. The van der Waals surface area contributed by atoms with Crippen LogP contribution in [0.5, 0.6) is 0 Å². The van der Waals surface area contributed by atoms with Crippen LogP contribution in [0.25, 0.3) is 10.1 Å². The van der Waals surface area contributed by atoms with Gasteiger partial charge in [-0.3, -0.25) is 9.59 Å². The fraction of sp³-hybridized carbons (Fsp3) is 0.238. The summed E-state index contributed by atoms with van der Waals surface area (Å²) in [7, 11) is 0. The number of anilines is 1. The maximum absolute atomic E-state index is 12.9. The van der Waals surface area contributed by atoms with E-state index >= 15 is 0 Å². The van der Waals surface area contributed by atoms with Crippen molar-refractivity contribution in [1.82, 2.24) is 4.90 Å². The van der Waals surface area contributed by atoms with Crippen molar-refractivity contribution in [2.24, 2.45) is 0 Å². The zero-order valence-corrected chi connectivity index (χ0v) is 16.5. The molecule has 27 heavy (non-hydrogen) atoms. The minimum absolute atomic E-state index is 0.0334. The van der Waals surface area contributed by atoms with Crippen LogP contribution in [-0.4, -0.2) is 29.8 Å². The van der Waals surface area contributed by atoms with E-state index < -0.39 is 0 Å². The Labute approximate surface area is 166 Å². The molecule has 2 heterocycles. The highest BCUT2D eigenvalue weighted by molar-refractivity contribution is 7.21. The Morgan fingerprint density at radius 1 is 1.07 bits per heavy atom. The number of para-hydroxylation sites is 1. The molecule has 2 aromatic carbocycles. The lowest BCUT2D eigenvalue weighted by Crippen LogP contribution is -2.29. The summed E-state index contributed by atoms with van der Waals surface area (Å²) in [6.07, 6.45) is 2.05. The number of halogens is 1. The number of aryl methyl sites for hydroxylation is 1. The van der Waals surface area contributed by atoms with Gasteiger partial charge in [0.05, 0.1) is 16.3 Å². The first-order valence-corrected chi connectivity index (χ1v) is 10.1. The summed E-state index contributed by atoms with van der Waals surface area (Å²) in [6.45, 7) is 3.42. The third-order valence-electron chi connectivity index (χ3n) is 4.88. The number of carbonyl (C=O) groups is 2. The zero-order chi connectivity index (χ0) is 19.0. The second-order valence-corrected chi connectivity index (χ2v) is 8.12. The molecule has 0 unspecified atom stereocenters. The zero-order valence-electron chi connectivity index (χ0n) is 14.9. The molecule has 4 nitrogen and oxygen atoms in total. The van der Waals surface area contributed by atoms with E-state index in [0.29, 0.717) is 21.2 Å². The van der Waals surface area contributed by atoms with Crippen LogP contribution >= 0.6 is 22.9 Å². The third kappa shape index (κ3) is 3.33. The largest absolute Gasteiger partial charge is 0.339 e. The Bertz CT molecular complexity index is 1040. The summed E-state index contributed by atoms with van der Waals surface area (Å²) in [4.78, 5) is 28.1. The molecule has 138 valence electrons. The van der Waals surface area contributed by atoms with Crippen LogP contribution in [0.4, 0.5) is 5.69 Å². The number of nitrogens with zero attached hydrogens (tertiary/aromatic N) is 1. The van der Waals surface area contributed by atoms with Crippen LogP contribution in [0.15, 0.2) is 42.5 Å². The maximum Gasteiger partial charge on any atom is 0.267 e. The second-order valence-electron chi connectivity index (χ2n) is 6.69. The average Bonchev–Trinajstić information content (AvgIpc) is 3.32. The van der Waals surface area contributed by atoms with E-state index in [1.54, 1.807) is 6.07 Å². The van der Waals surface area contributed by atoms with Crippen molar-refractivity contribution in [2.75, 3.05) is 18.4 Å². The van der Waals surface area contributed by atoms with Gasteiger partial charge in [-0.1, -0.05) is 41.9 Å². The number of benzene rings is 2. The molecule has 1 aliphatic rings. The van der Waals surface area contributed by atoms with Gasteiger partial charge in [-0.15, -0.1) is 11.3 Å². The SMILES string of the molecule is Cc1cccc(C(=O)N2CCCC2)c1NC(=O)c1sc2ccccc2c1Cl. The molecule has 3 aromatic rings. The molecule has 1 saturated heterocycles. The number of fused-ring (bicyclic) bond motifs is 1. The Kier molecular flexibility index (Phi) is 4.89. The minimum atomic E-state index is -0.286. The number of nitrogens with one attached hydrogen (secondary N) is 1. The Hall–Kier alpha value is -2.37. The number of amides is 2. The lowest BCUT2D eigenvalue weighted by atomic mass is 10.1. The first kappa shape index (κ1) is 18.0. The minimum Gasteiger partial charge on any atom is -0.339 e. The topological polar surface area (TPSA) is 49.4 Å². The van der Waals surface area contributed by atoms with E-state index in [4.69, 9.17) is 11.6 Å². The van der Waals surface area contributed by atoms with E-state index in [1.165, 1.54) is 11.3 Å². The van der Waals surface area contributed by atoms with Crippen molar-refractivity contribution in [3.05, 3.63) is 63.5 Å². The number of likely N-dealkylation sites (tertiary alicyclic amines) is 1. The molecule has 0 radical (unpaired) electrons. The van der Waals surface area contributed by atoms with Gasteiger partial charge in [0.15, 0.2) is 0 Å². The van der Waals surface area contributed by atoms with Gasteiger partial charge < -0.3 is 10.2 Å². The monoisotopic (exact) mass is 398 g/mol. The van der Waals surface area contributed by atoms with Crippen LogP contribution in [0, 0.1) is 6.92 Å². The highest BCUT2D eigenvalue weighted by Crippen LogP contribution is 2.36. The summed E-state index contributed by atoms with van der Waals surface area (Å²) in [5, 5.41) is 4.26. The number of carbonyl (C=O) groups excluding carboxylic acids is 2. The average molecular weight is 399 g/mol. The van der Waals surface area contributed by atoms with Crippen LogP contribution in [0.3, 0.4) is 0 Å². The normalized spacial score (nSPS) is 13.9. The van der Waals surface area contributed by atoms with Crippen molar-refractivity contribution < 1.29 is 9.59 Å². The summed E-state index contributed by atoms with van der Waals surface area (Å²) in [5.74, 6) is -0.320. The van der Waals surface area contributed by atoms with Gasteiger partial charge in [0, 0.05) is 23.2 Å². The summed E-state index contributed by atoms with van der Waals surface area (Å²) in [5.41, 5.74) is 1.95. The maximum atomic E-state index is 12.9. The quantitative estimate of drug-likeness (QED) is 0.646. The highest BCUT2D eigenvalue weighted by Gasteiger charge is 2.24. The highest BCUT2D eigenvalue weighted by atomic mass is 35.5. The van der Waals surface area contributed by atoms with Gasteiger partial charge in [0.2, 0.25) is 0 Å². The predicted octanol–water partition coefficient (Wildman–Crippen LogP) is 5.35. The van der Waals surface area contributed by atoms with E-state index in [9.17, 15) is 9.59 Å². The molecule has 0 saturated carbocycles. The third-order valence-corrected chi connectivity index (χ3v) is 6.55. The van der Waals surface area contributed by atoms with Crippen LogP contribution in [0.2, 0.25) is 5.02 Å². The molecule has 1 fully saturated rings. The molecule has 0 spiro atoms. The second kappa shape index (κ2) is 7.33. The summed E-state index contributed by atoms with van der Waals surface area (Å²) in [6, 6.07) is 13.2. The van der Waals surface area contributed by atoms with E-state index in [0.717, 1.165) is 41.6 Å². The van der Waals surface area contributed by atoms with Crippen LogP contribution in [0.1, 0.15) is 38.4 Å². The number of hydrogen-bond donors (Lipinski definition) is 1. The predicted molar refractivity (Wildman–Crippen MR) is 111 cm³/mol. The lowest BCUT2D eigenvalue weighted by molar-refractivity contribution is 0.0794. The smallest absolute Gasteiger partial charge is 0.267 e. The standard InChI is InChI=1S/C21H19ClN2O2S/c1-13-7-6-9-15(21(26)24-11-4-5-12-24)18(13)23-20(25)19-17(22)14-8-2-3-10-16(14)27-19/h2-3,6-10H,4-5,11-12H2,1H3,(H,23,25). The van der Waals surface area contributed by atoms with Crippen molar-refractivity contribution in [3.63, 3.8) is 0 Å². The van der Waals surface area contributed by atoms with Crippen LogP contribution in [-0.2, 0) is 0 Å². The van der Waals surface area contributed by atoms with Gasteiger partial charge in [-0.2, -0.15) is 0 Å². The number of rotatable bonds is 3. The van der Waals surface area contributed by atoms with Crippen LogP contribution < -0.4 is 5.32 Å². The van der Waals surface area contributed by atoms with Crippen molar-refractivity contribution in [1.29, 1.82) is 0 Å². The number of hydrogen-bond acceptors (Lipinski definition) is 3. The van der Waals surface area contributed by atoms with Gasteiger partial charge in [0.25, 0.3) is 11.8 Å². The Balaban J connectivity index is 1.68. The molecule has 0 aliphatic carbocycles. The van der Waals surface area contributed by atoms with E-state index in [2.05, 4.69) is 5.32 Å². The molecule has 4 rings (SSSR count). The first-order valence-electron chi connectivity index (χ1n) is 8.93. The fourth-order valence-electron chi connectivity index (χ4n) is 3.43. The molecular formula is C21H19ClN2O2S. The summed E-state index contributed by atoms with van der Waals surface area (Å²) < 4.78 is 0.964. The fourth-order valence-corrected chi connectivity index (χ4v) is 4.85. The van der Waals surface area contributed by atoms with Crippen molar-refractivity contribution in [3.8, 4) is 0 Å². The summed E-state index contributed by atoms with van der Waals surface area (Å²) >= 11 is 7.80. The lowest BCUT2D eigenvalue weighted by Gasteiger charge is -2.19. The van der Waals surface area contributed by atoms with E-state index in [1.807, 2.05) is 48.2 Å². The van der Waals surface area contributed by atoms with Gasteiger partial charge in [-0.05, 0) is 37.5 Å². The molecule has 1 N–H and O–H groups in total. The molecule has 0 atom stereocenters. The van der Waals surface area contributed by atoms with Crippen molar-refractivity contribution in [2.45, 2.75) is 19.8 Å². The Morgan fingerprint density at radius 3 is 2.56 bits per heavy atom. The molecular weight excluding hydrogens is 380 g/mol. The van der Waals surface area contributed by atoms with Gasteiger partial charge in [-0.25, -0.2) is 0 Å². The molecule has 6 heteroatoms. The molecule has 2 amide bonds. The van der Waals surface area contributed by atoms with Crippen molar-refractivity contribution >= 4 is 50.5 Å². The van der Waals surface area contributed by atoms with Gasteiger partial charge in [0.1, 0.15) is 4.88 Å². The molecule has 1 aliphatic heterocycles. The number of thiophene rings is 1. The van der Waals surface area contributed by atoms with Gasteiger partial charge >= 0.3 is 0 Å². The molecule has 0 bridgehead atoms. The Morgan fingerprint density at radius 2 is 1.81 bits per heavy atom. The van der Waals surface area contributed by atoms with E-state index in [-0.39, 0.29) is 11.8 Å². The first-order chi connectivity index (χ1) is 13.1.